The normalized spacial score (nSPS) is 23.3. The SMILES string of the molecule is NC[C@@H]1CN(C(=O)c2cc3c(s2)CCC3)C[C@H]1c1ccccc1. The zero-order valence-corrected chi connectivity index (χ0v) is 14.0. The summed E-state index contributed by atoms with van der Waals surface area (Å²) >= 11 is 1.70. The van der Waals surface area contributed by atoms with E-state index in [4.69, 9.17) is 5.73 Å². The highest BCUT2D eigenvalue weighted by Gasteiger charge is 2.36. The fourth-order valence-electron chi connectivity index (χ4n) is 3.94. The number of thiophene rings is 1. The van der Waals surface area contributed by atoms with Gasteiger partial charge >= 0.3 is 0 Å². The summed E-state index contributed by atoms with van der Waals surface area (Å²) in [7, 11) is 0. The van der Waals surface area contributed by atoms with Crippen LogP contribution >= 0.6 is 11.3 Å². The molecule has 2 aromatic rings. The van der Waals surface area contributed by atoms with Crippen molar-refractivity contribution in [3.63, 3.8) is 0 Å². The van der Waals surface area contributed by atoms with Crippen LogP contribution in [0.2, 0.25) is 0 Å². The lowest BCUT2D eigenvalue weighted by atomic mass is 9.89. The lowest BCUT2D eigenvalue weighted by Gasteiger charge is -2.16. The Hall–Kier alpha value is -1.65. The molecule has 3 nitrogen and oxygen atoms in total. The molecule has 0 bridgehead atoms. The summed E-state index contributed by atoms with van der Waals surface area (Å²) in [6, 6.07) is 12.6. The molecule has 2 heterocycles. The van der Waals surface area contributed by atoms with Crippen LogP contribution in [-0.2, 0) is 12.8 Å². The molecule has 1 fully saturated rings. The molecule has 2 aliphatic rings. The highest BCUT2D eigenvalue weighted by atomic mass is 32.1. The van der Waals surface area contributed by atoms with Crippen LogP contribution in [-0.4, -0.2) is 30.4 Å². The number of aryl methyl sites for hydroxylation is 2. The maximum atomic E-state index is 12.9. The summed E-state index contributed by atoms with van der Waals surface area (Å²) in [5.41, 5.74) is 8.68. The number of amides is 1. The van der Waals surface area contributed by atoms with Gasteiger partial charge in [-0.2, -0.15) is 0 Å². The lowest BCUT2D eigenvalue weighted by Crippen LogP contribution is -2.29. The zero-order chi connectivity index (χ0) is 15.8. The molecule has 1 aromatic carbocycles. The number of likely N-dealkylation sites (tertiary alicyclic amines) is 1. The Morgan fingerprint density at radius 2 is 2.04 bits per heavy atom. The summed E-state index contributed by atoms with van der Waals surface area (Å²) in [5.74, 6) is 0.909. The van der Waals surface area contributed by atoms with Gasteiger partial charge < -0.3 is 10.6 Å². The van der Waals surface area contributed by atoms with Gasteiger partial charge in [0.05, 0.1) is 4.88 Å². The number of nitrogens with zero attached hydrogens (tertiary/aromatic N) is 1. The van der Waals surface area contributed by atoms with Gasteiger partial charge in [-0.05, 0) is 48.9 Å². The van der Waals surface area contributed by atoms with E-state index >= 15 is 0 Å². The second-order valence-electron chi connectivity index (χ2n) is 6.64. The van der Waals surface area contributed by atoms with Gasteiger partial charge in [-0.25, -0.2) is 0 Å². The summed E-state index contributed by atoms with van der Waals surface area (Å²) < 4.78 is 0. The summed E-state index contributed by atoms with van der Waals surface area (Å²) in [6.07, 6.45) is 3.52. The molecule has 1 amide bonds. The summed E-state index contributed by atoms with van der Waals surface area (Å²) in [6.45, 7) is 2.19. The van der Waals surface area contributed by atoms with E-state index in [1.807, 2.05) is 11.0 Å². The number of hydrogen-bond donors (Lipinski definition) is 1. The molecule has 4 heteroatoms. The minimum absolute atomic E-state index is 0.196. The second kappa shape index (κ2) is 6.10. The van der Waals surface area contributed by atoms with Crippen LogP contribution in [0.1, 0.15) is 38.0 Å². The van der Waals surface area contributed by atoms with Crippen LogP contribution in [0.5, 0.6) is 0 Å². The van der Waals surface area contributed by atoms with Gasteiger partial charge in [0, 0.05) is 23.9 Å². The van der Waals surface area contributed by atoms with Gasteiger partial charge in [0.15, 0.2) is 0 Å². The molecule has 0 saturated carbocycles. The fraction of sp³-hybridized carbons (Fsp3) is 0.421. The van der Waals surface area contributed by atoms with Crippen molar-refractivity contribution in [3.05, 3.63) is 57.3 Å². The minimum Gasteiger partial charge on any atom is -0.337 e. The van der Waals surface area contributed by atoms with Crippen LogP contribution < -0.4 is 5.73 Å². The van der Waals surface area contributed by atoms with Crippen LogP contribution in [0.4, 0.5) is 0 Å². The van der Waals surface area contributed by atoms with Crippen molar-refractivity contribution in [2.24, 2.45) is 11.7 Å². The van der Waals surface area contributed by atoms with Crippen LogP contribution in [0, 0.1) is 5.92 Å². The Kier molecular flexibility index (Phi) is 3.95. The molecular formula is C19H22N2OS. The van der Waals surface area contributed by atoms with Crippen molar-refractivity contribution in [1.82, 2.24) is 4.90 Å². The number of fused-ring (bicyclic) bond motifs is 1. The maximum Gasteiger partial charge on any atom is 0.263 e. The van der Waals surface area contributed by atoms with Crippen molar-refractivity contribution < 1.29 is 4.79 Å². The molecule has 0 radical (unpaired) electrons. The van der Waals surface area contributed by atoms with Crippen molar-refractivity contribution >= 4 is 17.2 Å². The van der Waals surface area contributed by atoms with E-state index in [9.17, 15) is 4.79 Å². The maximum absolute atomic E-state index is 12.9. The largest absolute Gasteiger partial charge is 0.337 e. The lowest BCUT2D eigenvalue weighted by molar-refractivity contribution is 0.0791. The molecule has 2 N–H and O–H groups in total. The van der Waals surface area contributed by atoms with E-state index < -0.39 is 0 Å². The molecular weight excluding hydrogens is 304 g/mol. The van der Waals surface area contributed by atoms with Gasteiger partial charge in [-0.3, -0.25) is 4.79 Å². The summed E-state index contributed by atoms with van der Waals surface area (Å²) in [4.78, 5) is 17.2. The Balaban J connectivity index is 1.54. The topological polar surface area (TPSA) is 46.3 Å². The Morgan fingerprint density at radius 1 is 1.22 bits per heavy atom. The van der Waals surface area contributed by atoms with E-state index in [0.717, 1.165) is 30.8 Å². The number of benzene rings is 1. The molecule has 0 unspecified atom stereocenters. The predicted molar refractivity (Wildman–Crippen MR) is 94.0 cm³/mol. The molecule has 4 rings (SSSR count). The van der Waals surface area contributed by atoms with E-state index in [-0.39, 0.29) is 5.91 Å². The third-order valence-electron chi connectivity index (χ3n) is 5.22. The number of carbonyl (C=O) groups excluding carboxylic acids is 1. The molecule has 1 saturated heterocycles. The fourth-order valence-corrected chi connectivity index (χ4v) is 5.17. The minimum atomic E-state index is 0.196. The van der Waals surface area contributed by atoms with Crippen LogP contribution in [0.25, 0.3) is 0 Å². The van der Waals surface area contributed by atoms with E-state index in [0.29, 0.717) is 18.4 Å². The van der Waals surface area contributed by atoms with E-state index in [1.165, 1.54) is 22.4 Å². The van der Waals surface area contributed by atoms with Gasteiger partial charge in [0.1, 0.15) is 0 Å². The van der Waals surface area contributed by atoms with Gasteiger partial charge in [-0.15, -0.1) is 11.3 Å². The molecule has 1 aliphatic carbocycles. The number of nitrogens with two attached hydrogens (primary N) is 1. The standard InChI is InChI=1S/C19H22N2OS/c20-10-15-11-21(12-16(15)13-5-2-1-3-6-13)19(22)18-9-14-7-4-8-17(14)23-18/h1-3,5-6,9,15-16H,4,7-8,10-12,20H2/t15-,16+/m1/s1. The van der Waals surface area contributed by atoms with Gasteiger partial charge in [0.25, 0.3) is 5.91 Å². The molecule has 120 valence electrons. The molecule has 2 atom stereocenters. The predicted octanol–water partition coefficient (Wildman–Crippen LogP) is 3.05. The number of rotatable bonds is 3. The van der Waals surface area contributed by atoms with E-state index in [2.05, 4.69) is 30.3 Å². The van der Waals surface area contributed by atoms with Crippen molar-refractivity contribution in [1.29, 1.82) is 0 Å². The first kappa shape index (κ1) is 14.9. The Labute approximate surface area is 141 Å². The van der Waals surface area contributed by atoms with Crippen LogP contribution in [0.15, 0.2) is 36.4 Å². The average Bonchev–Trinajstić information content (AvgIpc) is 3.28. The van der Waals surface area contributed by atoms with Gasteiger partial charge in [-0.1, -0.05) is 30.3 Å². The first-order chi connectivity index (χ1) is 11.3. The van der Waals surface area contributed by atoms with Crippen molar-refractivity contribution in [2.45, 2.75) is 25.2 Å². The highest BCUT2D eigenvalue weighted by Crippen LogP contribution is 2.35. The first-order valence-corrected chi connectivity index (χ1v) is 9.24. The quantitative estimate of drug-likeness (QED) is 0.942. The monoisotopic (exact) mass is 326 g/mol. The average molecular weight is 326 g/mol. The molecule has 0 spiro atoms. The second-order valence-corrected chi connectivity index (χ2v) is 7.77. The highest BCUT2D eigenvalue weighted by molar-refractivity contribution is 7.14. The van der Waals surface area contributed by atoms with Crippen molar-refractivity contribution in [2.75, 3.05) is 19.6 Å². The van der Waals surface area contributed by atoms with Crippen LogP contribution in [0.3, 0.4) is 0 Å². The van der Waals surface area contributed by atoms with Crippen molar-refractivity contribution in [3.8, 4) is 0 Å². The third kappa shape index (κ3) is 2.70. The molecule has 1 aliphatic heterocycles. The third-order valence-corrected chi connectivity index (χ3v) is 6.44. The molecule has 23 heavy (non-hydrogen) atoms. The first-order valence-electron chi connectivity index (χ1n) is 8.42. The number of carbonyl (C=O) groups is 1. The van der Waals surface area contributed by atoms with E-state index in [1.54, 1.807) is 11.3 Å². The zero-order valence-electron chi connectivity index (χ0n) is 13.2. The Morgan fingerprint density at radius 3 is 2.78 bits per heavy atom. The summed E-state index contributed by atoms with van der Waals surface area (Å²) in [5, 5.41) is 0. The number of hydrogen-bond acceptors (Lipinski definition) is 3. The van der Waals surface area contributed by atoms with Gasteiger partial charge in [0.2, 0.25) is 0 Å². The Bertz CT molecular complexity index is 688. The smallest absolute Gasteiger partial charge is 0.263 e. The molecule has 1 aromatic heterocycles.